The Kier molecular flexibility index (Phi) is 6.27. The van der Waals surface area contributed by atoms with Crippen LogP contribution in [0.5, 0.6) is 0 Å². The molecule has 1 aliphatic carbocycles. The maximum atomic E-state index is 13.6. The average molecular weight is 517 g/mol. The molecule has 0 spiro atoms. The molecule has 4 rings (SSSR count). The highest BCUT2D eigenvalue weighted by Gasteiger charge is 2.61. The highest BCUT2D eigenvalue weighted by molar-refractivity contribution is 6.74. The van der Waals surface area contributed by atoms with E-state index in [1.807, 2.05) is 0 Å². The molecule has 4 atom stereocenters. The Bertz CT molecular complexity index is 1040. The van der Waals surface area contributed by atoms with E-state index in [0.29, 0.717) is 23.4 Å². The topological polar surface area (TPSA) is 77.4 Å². The second kappa shape index (κ2) is 8.36. The molecule has 1 fully saturated rings. The summed E-state index contributed by atoms with van der Waals surface area (Å²) in [5, 5.41) is 4.31. The van der Waals surface area contributed by atoms with Gasteiger partial charge >= 0.3 is 0 Å². The lowest BCUT2D eigenvalue weighted by atomic mass is 10.1. The molecular weight excluding hydrogens is 476 g/mol. The molecule has 1 saturated carbocycles. The highest BCUT2D eigenvalue weighted by Crippen LogP contribution is 2.47. The maximum absolute atomic E-state index is 13.6. The number of carbonyl (C=O) groups excluding carboxylic acids is 2. The lowest BCUT2D eigenvalue weighted by molar-refractivity contribution is -0.00634. The molecule has 192 valence electrons. The van der Waals surface area contributed by atoms with Gasteiger partial charge in [0.05, 0.1) is 35.0 Å². The lowest BCUT2D eigenvalue weighted by Gasteiger charge is -2.45. The molecule has 3 aliphatic rings. The van der Waals surface area contributed by atoms with E-state index in [1.54, 1.807) is 24.3 Å². The summed E-state index contributed by atoms with van der Waals surface area (Å²) in [6.07, 6.45) is -0.847. The van der Waals surface area contributed by atoms with Crippen LogP contribution in [0.25, 0.3) is 0 Å². The van der Waals surface area contributed by atoms with Crippen molar-refractivity contribution in [1.82, 2.24) is 4.90 Å². The Morgan fingerprint density at radius 2 is 1.31 bits per heavy atom. The number of imide groups is 1. The van der Waals surface area contributed by atoms with Crippen molar-refractivity contribution in [2.45, 2.75) is 96.1 Å². The number of fused-ring (bicyclic) bond motifs is 2. The molecule has 0 aromatic heterocycles. The van der Waals surface area contributed by atoms with Gasteiger partial charge in [0.1, 0.15) is 12.6 Å². The Hall–Kier alpha value is -1.82. The van der Waals surface area contributed by atoms with Crippen molar-refractivity contribution in [3.05, 3.63) is 35.4 Å². The summed E-state index contributed by atoms with van der Waals surface area (Å²) in [6.45, 7) is 22.4. The Labute approximate surface area is 211 Å². The molecule has 1 aromatic carbocycles. The molecule has 2 amide bonds. The van der Waals surface area contributed by atoms with Crippen molar-refractivity contribution in [2.75, 3.05) is 6.61 Å². The van der Waals surface area contributed by atoms with Gasteiger partial charge in [-0.05, 0) is 48.4 Å². The first-order chi connectivity index (χ1) is 16.0. The first kappa shape index (κ1) is 26.3. The van der Waals surface area contributed by atoms with Crippen LogP contribution >= 0.6 is 0 Å². The van der Waals surface area contributed by atoms with E-state index in [1.165, 1.54) is 4.90 Å². The summed E-state index contributed by atoms with van der Waals surface area (Å²) in [6, 6.07) is 6.34. The molecule has 2 aliphatic heterocycles. The van der Waals surface area contributed by atoms with Gasteiger partial charge in [-0.15, -0.1) is 0 Å². The number of amides is 2. The third-order valence-electron chi connectivity index (χ3n) is 8.72. The highest BCUT2D eigenvalue weighted by atomic mass is 28.4. The zero-order valence-corrected chi connectivity index (χ0v) is 24.8. The fourth-order valence-electron chi connectivity index (χ4n) is 4.51. The van der Waals surface area contributed by atoms with Crippen molar-refractivity contribution in [2.24, 2.45) is 11.1 Å². The van der Waals surface area contributed by atoms with Crippen LogP contribution in [0.3, 0.4) is 0 Å². The smallest absolute Gasteiger partial charge is 0.262 e. The Balaban J connectivity index is 1.81. The van der Waals surface area contributed by atoms with Gasteiger partial charge in [0.25, 0.3) is 11.8 Å². The molecule has 4 unspecified atom stereocenters. The van der Waals surface area contributed by atoms with Crippen LogP contribution < -0.4 is 0 Å². The Morgan fingerprint density at radius 3 is 1.77 bits per heavy atom. The third-order valence-corrected chi connectivity index (χ3v) is 17.7. The molecule has 0 saturated heterocycles. The van der Waals surface area contributed by atoms with Gasteiger partial charge in [0, 0.05) is 0 Å². The van der Waals surface area contributed by atoms with Gasteiger partial charge in [0.15, 0.2) is 16.6 Å². The monoisotopic (exact) mass is 516 g/mol. The lowest BCUT2D eigenvalue weighted by Crippen LogP contribution is -2.57. The quantitative estimate of drug-likeness (QED) is 0.384. The van der Waals surface area contributed by atoms with Crippen LogP contribution in [0.4, 0.5) is 0 Å². The normalized spacial score (nSPS) is 27.1. The minimum absolute atomic E-state index is 0.0150. The largest absolute Gasteiger partial charge is 0.410 e. The van der Waals surface area contributed by atoms with Crippen molar-refractivity contribution in [3.8, 4) is 0 Å². The van der Waals surface area contributed by atoms with E-state index in [2.05, 4.69) is 72.9 Å². The van der Waals surface area contributed by atoms with E-state index >= 15 is 0 Å². The van der Waals surface area contributed by atoms with E-state index in [9.17, 15) is 9.59 Å². The summed E-state index contributed by atoms with van der Waals surface area (Å²) in [5.74, 6) is -0.769. The third kappa shape index (κ3) is 4.24. The summed E-state index contributed by atoms with van der Waals surface area (Å²) < 4.78 is 14.1. The van der Waals surface area contributed by atoms with Crippen molar-refractivity contribution < 1.29 is 23.3 Å². The van der Waals surface area contributed by atoms with Crippen LogP contribution in [0.1, 0.15) is 62.3 Å². The molecule has 9 heteroatoms. The van der Waals surface area contributed by atoms with Crippen molar-refractivity contribution in [3.63, 3.8) is 0 Å². The number of benzene rings is 1. The second-order valence-electron chi connectivity index (χ2n) is 13.1. The van der Waals surface area contributed by atoms with Gasteiger partial charge in [-0.1, -0.05) is 58.8 Å². The zero-order chi connectivity index (χ0) is 26.1. The van der Waals surface area contributed by atoms with Gasteiger partial charge in [-0.25, -0.2) is 0 Å². The number of hydrogen-bond acceptors (Lipinski definition) is 6. The fourth-order valence-corrected chi connectivity index (χ4v) is 7.14. The number of oxime groups is 1. The number of hydrogen-bond donors (Lipinski definition) is 0. The molecule has 0 N–H and O–H groups in total. The van der Waals surface area contributed by atoms with Crippen LogP contribution in [0.2, 0.25) is 36.3 Å². The zero-order valence-electron chi connectivity index (χ0n) is 22.8. The van der Waals surface area contributed by atoms with Crippen LogP contribution in [-0.2, 0) is 13.7 Å². The number of carbonyl (C=O) groups is 2. The molecule has 1 aromatic rings. The van der Waals surface area contributed by atoms with Crippen molar-refractivity contribution >= 4 is 34.2 Å². The minimum Gasteiger partial charge on any atom is -0.410 e. The molecular formula is C26H40N2O5Si2. The van der Waals surface area contributed by atoms with E-state index in [4.69, 9.17) is 13.7 Å². The van der Waals surface area contributed by atoms with Gasteiger partial charge in [-0.2, -0.15) is 0 Å². The summed E-state index contributed by atoms with van der Waals surface area (Å²) in [5.41, 5.74) is 1.54. The fraction of sp³-hybridized carbons (Fsp3) is 0.654. The molecule has 7 nitrogen and oxygen atoms in total. The first-order valence-corrected chi connectivity index (χ1v) is 18.3. The van der Waals surface area contributed by atoms with Crippen LogP contribution in [0, 0.1) is 5.92 Å². The number of nitrogens with zero attached hydrogens (tertiary/aromatic N) is 2. The molecule has 0 bridgehead atoms. The molecule has 2 heterocycles. The maximum Gasteiger partial charge on any atom is 0.262 e. The van der Waals surface area contributed by atoms with E-state index in [0.717, 1.165) is 0 Å². The van der Waals surface area contributed by atoms with E-state index in [-0.39, 0.29) is 33.9 Å². The number of rotatable bonds is 5. The second-order valence-corrected chi connectivity index (χ2v) is 22.6. The van der Waals surface area contributed by atoms with Gasteiger partial charge in [0.2, 0.25) is 0 Å². The summed E-state index contributed by atoms with van der Waals surface area (Å²) in [4.78, 5) is 34.1. The van der Waals surface area contributed by atoms with Crippen LogP contribution in [0.15, 0.2) is 29.4 Å². The van der Waals surface area contributed by atoms with Gasteiger partial charge in [-0.3, -0.25) is 14.5 Å². The summed E-state index contributed by atoms with van der Waals surface area (Å²) in [7, 11) is -4.53. The standard InChI is InChI=1S/C26H40N2O5Si2/c1-25(2,3)34(7,8)32-21-18-15-31-27-19(18)20(22(21)33-35(9,10)26(4,5)6)28-23(29)16-13-11-12-14-17(16)24(28)30/h11-14,18,20-22H,15H2,1-10H3. The first-order valence-electron chi connectivity index (χ1n) is 12.5. The molecule has 35 heavy (non-hydrogen) atoms. The Morgan fingerprint density at radius 1 is 0.857 bits per heavy atom. The SMILES string of the molecule is CC(C)(C)[Si](C)(C)OC1C2CON=C2C(N2C(=O)c3ccccc3C2=O)C1O[Si](C)(C)C(C)(C)C. The van der Waals surface area contributed by atoms with E-state index < -0.39 is 28.8 Å². The van der Waals surface area contributed by atoms with Crippen molar-refractivity contribution in [1.29, 1.82) is 0 Å². The van der Waals surface area contributed by atoms with Crippen LogP contribution in [-0.4, -0.2) is 63.9 Å². The minimum atomic E-state index is -2.31. The summed E-state index contributed by atoms with van der Waals surface area (Å²) >= 11 is 0. The van der Waals surface area contributed by atoms with Gasteiger partial charge < -0.3 is 13.7 Å². The average Bonchev–Trinajstić information content (AvgIpc) is 3.36. The predicted molar refractivity (Wildman–Crippen MR) is 142 cm³/mol. The predicted octanol–water partition coefficient (Wildman–Crippen LogP) is 5.45. The molecule has 0 radical (unpaired) electrons.